The summed E-state index contributed by atoms with van der Waals surface area (Å²) in [5, 5.41) is 11.9. The molecule has 4 nitrogen and oxygen atoms in total. The standard InChI is InChI=1S/C13H13ClN2O2S/c14-13-16-8-11(19-13)7-15-10-4-1-9(2-5-10)3-6-12(17)18/h1-2,4-5,8,15H,3,6-7H2,(H,17,18). The van der Waals surface area contributed by atoms with Gasteiger partial charge in [-0.25, -0.2) is 4.98 Å². The highest BCUT2D eigenvalue weighted by Crippen LogP contribution is 2.19. The molecule has 100 valence electrons. The van der Waals surface area contributed by atoms with E-state index in [4.69, 9.17) is 16.7 Å². The van der Waals surface area contributed by atoms with E-state index in [1.54, 1.807) is 6.20 Å². The number of thiazole rings is 1. The first-order valence-electron chi connectivity index (χ1n) is 5.78. The van der Waals surface area contributed by atoms with Gasteiger partial charge in [-0.05, 0) is 24.1 Å². The molecule has 0 amide bonds. The average molecular weight is 297 g/mol. The number of rotatable bonds is 6. The van der Waals surface area contributed by atoms with Gasteiger partial charge in [0.1, 0.15) is 0 Å². The molecule has 0 saturated carbocycles. The molecule has 1 heterocycles. The minimum atomic E-state index is -0.774. The van der Waals surface area contributed by atoms with Crippen LogP contribution in [0.25, 0.3) is 0 Å². The van der Waals surface area contributed by atoms with E-state index in [1.807, 2.05) is 24.3 Å². The van der Waals surface area contributed by atoms with Crippen LogP contribution in [0, 0.1) is 0 Å². The van der Waals surface area contributed by atoms with Gasteiger partial charge in [-0.3, -0.25) is 4.79 Å². The van der Waals surface area contributed by atoms with Crippen LogP contribution in [0.4, 0.5) is 5.69 Å². The first-order valence-corrected chi connectivity index (χ1v) is 6.98. The Labute approximate surface area is 120 Å². The van der Waals surface area contributed by atoms with Crippen LogP contribution >= 0.6 is 22.9 Å². The molecule has 0 aliphatic rings. The molecule has 0 aliphatic heterocycles. The zero-order valence-corrected chi connectivity index (χ0v) is 11.7. The lowest BCUT2D eigenvalue weighted by Crippen LogP contribution is -1.99. The molecule has 1 aromatic carbocycles. The van der Waals surface area contributed by atoms with E-state index in [2.05, 4.69) is 10.3 Å². The summed E-state index contributed by atoms with van der Waals surface area (Å²) in [6.07, 6.45) is 2.47. The van der Waals surface area contributed by atoms with Crippen LogP contribution < -0.4 is 5.32 Å². The molecule has 0 aliphatic carbocycles. The van der Waals surface area contributed by atoms with Crippen LogP contribution in [-0.2, 0) is 17.8 Å². The van der Waals surface area contributed by atoms with E-state index >= 15 is 0 Å². The lowest BCUT2D eigenvalue weighted by atomic mass is 10.1. The molecule has 0 atom stereocenters. The third kappa shape index (κ3) is 4.54. The second-order valence-corrected chi connectivity index (χ2v) is 5.72. The molecule has 0 radical (unpaired) electrons. The van der Waals surface area contributed by atoms with E-state index in [-0.39, 0.29) is 6.42 Å². The monoisotopic (exact) mass is 296 g/mol. The van der Waals surface area contributed by atoms with Gasteiger partial charge in [0.2, 0.25) is 0 Å². The Kier molecular flexibility index (Phi) is 4.76. The van der Waals surface area contributed by atoms with E-state index in [0.717, 1.165) is 16.1 Å². The lowest BCUT2D eigenvalue weighted by molar-refractivity contribution is -0.136. The number of aliphatic carboxylic acids is 1. The molecule has 0 bridgehead atoms. The Bertz CT molecular complexity index is 554. The Morgan fingerprint density at radius 3 is 2.68 bits per heavy atom. The van der Waals surface area contributed by atoms with Crippen molar-refractivity contribution in [1.82, 2.24) is 4.98 Å². The molecule has 0 saturated heterocycles. The normalized spacial score (nSPS) is 10.4. The Morgan fingerprint density at radius 2 is 2.11 bits per heavy atom. The molecule has 1 aromatic heterocycles. The fraction of sp³-hybridized carbons (Fsp3) is 0.231. The lowest BCUT2D eigenvalue weighted by Gasteiger charge is -2.05. The first-order chi connectivity index (χ1) is 9.13. The number of hydrogen-bond donors (Lipinski definition) is 2. The molecule has 0 fully saturated rings. The molecule has 0 unspecified atom stereocenters. The van der Waals surface area contributed by atoms with Crippen molar-refractivity contribution in [3.63, 3.8) is 0 Å². The number of carboxylic acids is 1. The number of carbonyl (C=O) groups is 1. The van der Waals surface area contributed by atoms with Crippen molar-refractivity contribution in [2.24, 2.45) is 0 Å². The van der Waals surface area contributed by atoms with Crippen molar-refractivity contribution in [2.75, 3.05) is 5.32 Å². The van der Waals surface area contributed by atoms with E-state index in [9.17, 15) is 4.79 Å². The number of carboxylic acid groups (broad SMARTS) is 1. The van der Waals surface area contributed by atoms with Crippen LogP contribution in [0.2, 0.25) is 4.47 Å². The predicted octanol–water partition coefficient (Wildman–Crippen LogP) is 3.43. The van der Waals surface area contributed by atoms with Crippen LogP contribution in [0.15, 0.2) is 30.5 Å². The zero-order valence-electron chi connectivity index (χ0n) is 10.1. The summed E-state index contributed by atoms with van der Waals surface area (Å²) in [7, 11) is 0. The second-order valence-electron chi connectivity index (χ2n) is 4.02. The van der Waals surface area contributed by atoms with Gasteiger partial charge in [0.05, 0.1) is 6.54 Å². The van der Waals surface area contributed by atoms with Crippen molar-refractivity contribution < 1.29 is 9.90 Å². The number of halogens is 1. The van der Waals surface area contributed by atoms with Gasteiger partial charge < -0.3 is 10.4 Å². The minimum Gasteiger partial charge on any atom is -0.481 e. The highest BCUT2D eigenvalue weighted by molar-refractivity contribution is 7.15. The molecule has 6 heteroatoms. The van der Waals surface area contributed by atoms with Gasteiger partial charge in [0, 0.05) is 23.2 Å². The summed E-state index contributed by atoms with van der Waals surface area (Å²) in [4.78, 5) is 15.5. The Morgan fingerprint density at radius 1 is 1.37 bits per heavy atom. The largest absolute Gasteiger partial charge is 0.481 e. The number of aromatic nitrogens is 1. The van der Waals surface area contributed by atoms with Gasteiger partial charge in [-0.15, -0.1) is 11.3 Å². The molecule has 19 heavy (non-hydrogen) atoms. The van der Waals surface area contributed by atoms with Crippen molar-refractivity contribution >= 4 is 34.6 Å². The smallest absolute Gasteiger partial charge is 0.303 e. The van der Waals surface area contributed by atoms with E-state index in [0.29, 0.717) is 17.4 Å². The molecular weight excluding hydrogens is 284 g/mol. The Balaban J connectivity index is 1.86. The summed E-state index contributed by atoms with van der Waals surface area (Å²) in [5.74, 6) is -0.774. The molecule has 0 spiro atoms. The van der Waals surface area contributed by atoms with Crippen molar-refractivity contribution in [1.29, 1.82) is 0 Å². The minimum absolute atomic E-state index is 0.159. The van der Waals surface area contributed by atoms with Gasteiger partial charge >= 0.3 is 5.97 Å². The van der Waals surface area contributed by atoms with Crippen molar-refractivity contribution in [2.45, 2.75) is 19.4 Å². The van der Waals surface area contributed by atoms with Gasteiger partial charge in [-0.1, -0.05) is 23.7 Å². The average Bonchev–Trinajstić information content (AvgIpc) is 2.81. The zero-order chi connectivity index (χ0) is 13.7. The van der Waals surface area contributed by atoms with E-state index in [1.165, 1.54) is 11.3 Å². The maximum Gasteiger partial charge on any atom is 0.303 e. The fourth-order valence-corrected chi connectivity index (χ4v) is 2.51. The summed E-state index contributed by atoms with van der Waals surface area (Å²) in [6, 6.07) is 7.76. The third-order valence-electron chi connectivity index (χ3n) is 2.57. The quantitative estimate of drug-likeness (QED) is 0.857. The number of benzene rings is 1. The van der Waals surface area contributed by atoms with Crippen LogP contribution in [0.5, 0.6) is 0 Å². The Hall–Kier alpha value is -1.59. The van der Waals surface area contributed by atoms with Gasteiger partial charge in [-0.2, -0.15) is 0 Å². The maximum atomic E-state index is 10.5. The van der Waals surface area contributed by atoms with Gasteiger partial charge in [0.15, 0.2) is 4.47 Å². The summed E-state index contributed by atoms with van der Waals surface area (Å²) in [6.45, 7) is 0.679. The topological polar surface area (TPSA) is 62.2 Å². The maximum absolute atomic E-state index is 10.5. The molecule has 2 N–H and O–H groups in total. The first kappa shape index (κ1) is 13.8. The summed E-state index contributed by atoms with van der Waals surface area (Å²) >= 11 is 7.20. The van der Waals surface area contributed by atoms with Crippen LogP contribution in [0.1, 0.15) is 16.9 Å². The molecular formula is C13H13ClN2O2S. The van der Waals surface area contributed by atoms with Gasteiger partial charge in [0.25, 0.3) is 0 Å². The van der Waals surface area contributed by atoms with Crippen LogP contribution in [0.3, 0.4) is 0 Å². The number of nitrogens with zero attached hydrogens (tertiary/aromatic N) is 1. The highest BCUT2D eigenvalue weighted by atomic mass is 35.5. The summed E-state index contributed by atoms with van der Waals surface area (Å²) < 4.78 is 0.542. The predicted molar refractivity (Wildman–Crippen MR) is 76.8 cm³/mol. The van der Waals surface area contributed by atoms with Crippen LogP contribution in [-0.4, -0.2) is 16.1 Å². The highest BCUT2D eigenvalue weighted by Gasteiger charge is 2.01. The molecule has 2 aromatic rings. The fourth-order valence-electron chi connectivity index (χ4n) is 1.60. The second kappa shape index (κ2) is 6.54. The van der Waals surface area contributed by atoms with E-state index < -0.39 is 5.97 Å². The SMILES string of the molecule is O=C(O)CCc1ccc(NCc2cnc(Cl)s2)cc1. The van der Waals surface area contributed by atoms with Crippen molar-refractivity contribution in [3.05, 3.63) is 45.4 Å². The molecule has 2 rings (SSSR count). The third-order valence-corrected chi connectivity index (χ3v) is 3.69. The number of aryl methyl sites for hydroxylation is 1. The summed E-state index contributed by atoms with van der Waals surface area (Å²) in [5.41, 5.74) is 2.01. The number of nitrogens with one attached hydrogen (secondary N) is 1. The number of anilines is 1. The number of hydrogen-bond acceptors (Lipinski definition) is 4. The van der Waals surface area contributed by atoms with Crippen molar-refractivity contribution in [3.8, 4) is 0 Å².